The average molecular weight is 550 g/mol. The van der Waals surface area contributed by atoms with E-state index < -0.39 is 0 Å². The molecule has 0 aliphatic carbocycles. The number of ether oxygens (including phenoxy) is 2. The van der Waals surface area contributed by atoms with Crippen molar-refractivity contribution in [2.24, 2.45) is 4.99 Å². The maximum Gasteiger partial charge on any atom is 0.226 e. The van der Waals surface area contributed by atoms with Crippen molar-refractivity contribution in [1.29, 1.82) is 0 Å². The summed E-state index contributed by atoms with van der Waals surface area (Å²) in [6, 6.07) is 15.9. The molecule has 0 saturated carbocycles. The number of hydrogen-bond acceptors (Lipinski definition) is 5. The number of nitrogens with one attached hydrogen (secondary N) is 2. The van der Waals surface area contributed by atoms with Crippen molar-refractivity contribution in [3.63, 3.8) is 0 Å². The maximum atomic E-state index is 5.70. The van der Waals surface area contributed by atoms with E-state index in [1.807, 2.05) is 56.3 Å². The van der Waals surface area contributed by atoms with Crippen LogP contribution < -0.4 is 20.1 Å². The minimum Gasteiger partial charge on any atom is -0.490 e. The van der Waals surface area contributed by atoms with Gasteiger partial charge in [-0.2, -0.15) is 0 Å². The van der Waals surface area contributed by atoms with Crippen LogP contribution in [0.15, 0.2) is 64.2 Å². The Kier molecular flexibility index (Phi) is 10.9. The molecule has 2 N–H and O–H groups in total. The molecule has 0 radical (unpaired) electrons. The van der Waals surface area contributed by atoms with Gasteiger partial charge in [0.2, 0.25) is 5.89 Å². The number of hydrogen-bond donors (Lipinski definition) is 2. The molecule has 3 rings (SSSR count). The van der Waals surface area contributed by atoms with Crippen molar-refractivity contribution in [3.05, 3.63) is 66.1 Å². The summed E-state index contributed by atoms with van der Waals surface area (Å²) in [7, 11) is 1.75. The van der Waals surface area contributed by atoms with Gasteiger partial charge in [-0.05, 0) is 50.1 Å². The lowest BCUT2D eigenvalue weighted by Crippen LogP contribution is -2.37. The number of guanidine groups is 1. The van der Waals surface area contributed by atoms with Gasteiger partial charge in [-0.15, -0.1) is 24.0 Å². The molecule has 0 aliphatic heterocycles. The van der Waals surface area contributed by atoms with E-state index in [4.69, 9.17) is 13.9 Å². The molecule has 0 fully saturated rings. The molecular weight excluding hydrogens is 519 g/mol. The third-order valence-corrected chi connectivity index (χ3v) is 4.55. The summed E-state index contributed by atoms with van der Waals surface area (Å²) in [5, 5.41) is 6.59. The van der Waals surface area contributed by atoms with Gasteiger partial charge in [-0.25, -0.2) is 4.98 Å². The molecule has 1 aromatic heterocycles. The molecule has 8 heteroatoms. The van der Waals surface area contributed by atoms with E-state index in [2.05, 4.69) is 26.7 Å². The van der Waals surface area contributed by atoms with Gasteiger partial charge in [0.25, 0.3) is 0 Å². The first kappa shape index (κ1) is 25.5. The fourth-order valence-electron chi connectivity index (χ4n) is 3.07. The first-order valence-corrected chi connectivity index (χ1v) is 10.6. The summed E-state index contributed by atoms with van der Waals surface area (Å²) in [6.45, 7) is 6.40. The van der Waals surface area contributed by atoms with Crippen LogP contribution in [0.2, 0.25) is 0 Å². The first-order valence-electron chi connectivity index (χ1n) is 10.6. The summed E-state index contributed by atoms with van der Waals surface area (Å²) in [4.78, 5) is 8.80. The van der Waals surface area contributed by atoms with Gasteiger partial charge >= 0.3 is 0 Å². The molecule has 32 heavy (non-hydrogen) atoms. The Hall–Kier alpha value is -2.75. The number of nitrogens with zero attached hydrogens (tertiary/aromatic N) is 2. The third kappa shape index (κ3) is 7.44. The summed E-state index contributed by atoms with van der Waals surface area (Å²) < 4.78 is 16.9. The standard InChI is InChI=1S/C24H30N4O3.HI/c1-4-29-21-12-11-18(15-22(21)30-5-2)13-14-26-24(25-3)27-16-20-17-31-23(28-20)19-9-7-6-8-10-19;/h6-12,15,17H,4-5,13-14,16H2,1-3H3,(H2,25,26,27);1H. The predicted molar refractivity (Wildman–Crippen MR) is 138 cm³/mol. The second kappa shape index (κ2) is 13.6. The summed E-state index contributed by atoms with van der Waals surface area (Å²) >= 11 is 0. The quantitative estimate of drug-likeness (QED) is 0.217. The summed E-state index contributed by atoms with van der Waals surface area (Å²) in [6.07, 6.45) is 2.49. The predicted octanol–water partition coefficient (Wildman–Crippen LogP) is 4.66. The van der Waals surface area contributed by atoms with E-state index >= 15 is 0 Å². The number of halogens is 1. The third-order valence-electron chi connectivity index (χ3n) is 4.55. The molecule has 1 heterocycles. The minimum absolute atomic E-state index is 0. The zero-order valence-electron chi connectivity index (χ0n) is 18.8. The monoisotopic (exact) mass is 550 g/mol. The normalized spacial score (nSPS) is 10.9. The Bertz CT molecular complexity index is 976. The van der Waals surface area contributed by atoms with E-state index in [1.54, 1.807) is 13.3 Å². The summed E-state index contributed by atoms with van der Waals surface area (Å²) in [5.41, 5.74) is 2.94. The van der Waals surface area contributed by atoms with Gasteiger partial charge < -0.3 is 24.5 Å². The Balaban J connectivity index is 0.00000363. The zero-order chi connectivity index (χ0) is 21.9. The molecule has 7 nitrogen and oxygen atoms in total. The molecule has 0 atom stereocenters. The molecule has 0 spiro atoms. The number of aromatic nitrogens is 1. The maximum absolute atomic E-state index is 5.70. The van der Waals surface area contributed by atoms with Crippen molar-refractivity contribution < 1.29 is 13.9 Å². The fraction of sp³-hybridized carbons (Fsp3) is 0.333. The van der Waals surface area contributed by atoms with Gasteiger partial charge in [-0.1, -0.05) is 24.3 Å². The van der Waals surface area contributed by atoms with Crippen LogP contribution in [0, 0.1) is 0 Å². The Labute approximate surface area is 206 Å². The second-order valence-electron chi connectivity index (χ2n) is 6.76. The highest BCUT2D eigenvalue weighted by Crippen LogP contribution is 2.28. The van der Waals surface area contributed by atoms with Gasteiger partial charge in [-0.3, -0.25) is 4.99 Å². The van der Waals surface area contributed by atoms with Crippen LogP contribution in [0.5, 0.6) is 11.5 Å². The van der Waals surface area contributed by atoms with Crippen LogP contribution in [-0.2, 0) is 13.0 Å². The van der Waals surface area contributed by atoms with E-state index in [9.17, 15) is 0 Å². The molecule has 0 unspecified atom stereocenters. The van der Waals surface area contributed by atoms with Gasteiger partial charge in [0.1, 0.15) is 6.26 Å². The van der Waals surface area contributed by atoms with Crippen molar-refractivity contribution in [2.75, 3.05) is 26.8 Å². The van der Waals surface area contributed by atoms with Crippen LogP contribution in [0.4, 0.5) is 0 Å². The highest BCUT2D eigenvalue weighted by molar-refractivity contribution is 14.0. The molecule has 0 saturated heterocycles. The molecular formula is C24H31IN4O3. The molecule has 0 amide bonds. The van der Waals surface area contributed by atoms with Gasteiger partial charge in [0, 0.05) is 19.2 Å². The van der Waals surface area contributed by atoms with Crippen LogP contribution in [-0.4, -0.2) is 37.7 Å². The van der Waals surface area contributed by atoms with Crippen molar-refractivity contribution >= 4 is 29.9 Å². The fourth-order valence-corrected chi connectivity index (χ4v) is 3.07. The first-order chi connectivity index (χ1) is 15.2. The van der Waals surface area contributed by atoms with E-state index in [-0.39, 0.29) is 24.0 Å². The van der Waals surface area contributed by atoms with Crippen LogP contribution in [0.25, 0.3) is 11.5 Å². The highest BCUT2D eigenvalue weighted by atomic mass is 127. The average Bonchev–Trinajstić information content (AvgIpc) is 3.28. The lowest BCUT2D eigenvalue weighted by Gasteiger charge is -2.13. The summed E-state index contributed by atoms with van der Waals surface area (Å²) in [5.74, 6) is 2.88. The van der Waals surface area contributed by atoms with Gasteiger partial charge in [0.15, 0.2) is 17.5 Å². The molecule has 0 bridgehead atoms. The second-order valence-corrected chi connectivity index (χ2v) is 6.76. The van der Waals surface area contributed by atoms with Crippen molar-refractivity contribution in [2.45, 2.75) is 26.8 Å². The topological polar surface area (TPSA) is 80.9 Å². The molecule has 3 aromatic rings. The largest absolute Gasteiger partial charge is 0.490 e. The number of benzene rings is 2. The molecule has 172 valence electrons. The smallest absolute Gasteiger partial charge is 0.226 e. The van der Waals surface area contributed by atoms with Crippen LogP contribution in [0.1, 0.15) is 25.1 Å². The minimum atomic E-state index is 0. The highest BCUT2D eigenvalue weighted by Gasteiger charge is 2.08. The van der Waals surface area contributed by atoms with Crippen LogP contribution in [0.3, 0.4) is 0 Å². The Morgan fingerprint density at radius 3 is 2.47 bits per heavy atom. The van der Waals surface area contributed by atoms with Crippen molar-refractivity contribution in [3.8, 4) is 23.0 Å². The zero-order valence-corrected chi connectivity index (χ0v) is 21.1. The lowest BCUT2D eigenvalue weighted by molar-refractivity contribution is 0.287. The van der Waals surface area contributed by atoms with Gasteiger partial charge in [0.05, 0.1) is 25.5 Å². The lowest BCUT2D eigenvalue weighted by atomic mass is 10.1. The molecule has 2 aromatic carbocycles. The molecule has 0 aliphatic rings. The van der Waals surface area contributed by atoms with E-state index in [0.717, 1.165) is 35.7 Å². The van der Waals surface area contributed by atoms with Crippen LogP contribution >= 0.6 is 24.0 Å². The number of oxazole rings is 1. The number of aliphatic imine (C=N–C) groups is 1. The number of rotatable bonds is 10. The van der Waals surface area contributed by atoms with E-state index in [0.29, 0.717) is 31.6 Å². The van der Waals surface area contributed by atoms with Crippen molar-refractivity contribution in [1.82, 2.24) is 15.6 Å². The van der Waals surface area contributed by atoms with E-state index in [1.165, 1.54) is 5.56 Å². The Morgan fingerprint density at radius 1 is 1.00 bits per heavy atom. The SMILES string of the molecule is CCOc1ccc(CCNC(=NC)NCc2coc(-c3ccccc3)n2)cc1OCC.I. The Morgan fingerprint density at radius 2 is 1.75 bits per heavy atom.